The number of carbonyl (C=O) groups is 2. The molecule has 0 bridgehead atoms. The van der Waals surface area contributed by atoms with Gasteiger partial charge in [-0.1, -0.05) is 42.8 Å². The predicted octanol–water partition coefficient (Wildman–Crippen LogP) is 0.977. The molecule has 148 valence electrons. The van der Waals surface area contributed by atoms with Crippen LogP contribution in [-0.4, -0.2) is 24.6 Å². The summed E-state index contributed by atoms with van der Waals surface area (Å²) in [5, 5.41) is 11.1. The average molecular weight is 437 g/mol. The van der Waals surface area contributed by atoms with Crippen LogP contribution in [0.15, 0.2) is 42.5 Å². The third-order valence-corrected chi connectivity index (χ3v) is 4.31. The summed E-state index contributed by atoms with van der Waals surface area (Å²) in [5.74, 6) is -1.17. The first-order chi connectivity index (χ1) is 12.7. The van der Waals surface area contributed by atoms with Crippen molar-refractivity contribution in [3.63, 3.8) is 0 Å². The minimum Gasteiger partial charge on any atom is -0.545 e. The minimum absolute atomic E-state index is 0. The van der Waals surface area contributed by atoms with Crippen LogP contribution in [-0.2, 0) is 14.3 Å². The summed E-state index contributed by atoms with van der Waals surface area (Å²) >= 11 is 11.8. The summed E-state index contributed by atoms with van der Waals surface area (Å²) in [7, 11) is 0. The Morgan fingerprint density at radius 2 is 1.96 bits per heavy atom. The molecule has 0 saturated heterocycles. The van der Waals surface area contributed by atoms with Gasteiger partial charge < -0.3 is 19.4 Å². The molecule has 1 aromatic rings. The second kappa shape index (κ2) is 14.1. The van der Waals surface area contributed by atoms with E-state index in [0.717, 1.165) is 18.1 Å². The number of esters is 1. The first-order valence-electron chi connectivity index (χ1n) is 8.49. The maximum Gasteiger partial charge on any atom is 1.00 e. The number of hydrogen-bond acceptors (Lipinski definition) is 5. The van der Waals surface area contributed by atoms with Gasteiger partial charge >= 0.3 is 35.5 Å². The Morgan fingerprint density at radius 3 is 2.54 bits per heavy atom. The first-order valence-corrected chi connectivity index (χ1v) is 9.25. The van der Waals surface area contributed by atoms with Gasteiger partial charge in [0, 0.05) is 5.02 Å². The van der Waals surface area contributed by atoms with Crippen LogP contribution in [0.3, 0.4) is 0 Å². The van der Waals surface area contributed by atoms with E-state index < -0.39 is 18.0 Å². The van der Waals surface area contributed by atoms with E-state index in [1.807, 2.05) is 6.92 Å². The van der Waals surface area contributed by atoms with Crippen molar-refractivity contribution in [1.29, 1.82) is 0 Å². The van der Waals surface area contributed by atoms with E-state index in [-0.39, 0.29) is 42.1 Å². The van der Waals surface area contributed by atoms with E-state index in [9.17, 15) is 14.7 Å². The second-order valence-electron chi connectivity index (χ2n) is 6.33. The second-order valence-corrected chi connectivity index (χ2v) is 7.17. The molecule has 0 aromatic heterocycles. The molecule has 5 nitrogen and oxygen atoms in total. The van der Waals surface area contributed by atoms with Gasteiger partial charge in [0.25, 0.3) is 0 Å². The number of aliphatic carboxylic acids is 1. The molecule has 0 radical (unpaired) electrons. The SMILES string of the molecule is C=C(C)C(CCC(C)C/C=C/C(=O)[O-])OC(=O)COc1ccc(Cl)cc1Cl.[Na+]. The van der Waals surface area contributed by atoms with E-state index in [1.54, 1.807) is 25.1 Å². The molecular formula is C20H23Cl2NaO5. The van der Waals surface area contributed by atoms with E-state index in [1.165, 1.54) is 6.07 Å². The van der Waals surface area contributed by atoms with E-state index in [4.69, 9.17) is 32.7 Å². The molecule has 2 atom stereocenters. The van der Waals surface area contributed by atoms with Crippen molar-refractivity contribution in [2.45, 2.75) is 39.2 Å². The molecule has 0 aliphatic heterocycles. The van der Waals surface area contributed by atoms with Crippen molar-refractivity contribution >= 4 is 35.1 Å². The Labute approximate surface area is 198 Å². The standard InChI is InChI=1S/C20H24Cl2O5.Na/c1-13(2)17(9-7-14(3)5-4-6-19(23)24)27-20(25)12-26-18-10-8-15(21)11-16(18)22;/h4,6,8,10-11,14,17H,1,5,7,9,12H2,2-3H3,(H,23,24);/q;+1/p-1/b6-4+;. The Morgan fingerprint density at radius 1 is 1.29 bits per heavy atom. The Bertz CT molecular complexity index is 706. The van der Waals surface area contributed by atoms with Crippen LogP contribution < -0.4 is 39.4 Å². The summed E-state index contributed by atoms with van der Waals surface area (Å²) in [5.41, 5.74) is 0.727. The van der Waals surface area contributed by atoms with Crippen LogP contribution >= 0.6 is 23.2 Å². The number of ether oxygens (including phenoxy) is 2. The summed E-state index contributed by atoms with van der Waals surface area (Å²) in [6.07, 6.45) is 4.07. The molecule has 0 saturated carbocycles. The average Bonchev–Trinajstić information content (AvgIpc) is 2.57. The number of hydrogen-bond donors (Lipinski definition) is 0. The number of carbonyl (C=O) groups excluding carboxylic acids is 2. The molecule has 28 heavy (non-hydrogen) atoms. The molecule has 0 aliphatic carbocycles. The monoisotopic (exact) mass is 436 g/mol. The van der Waals surface area contributed by atoms with E-state index in [2.05, 4.69) is 6.58 Å². The number of carboxylic acids is 1. The van der Waals surface area contributed by atoms with Crippen molar-refractivity contribution in [2.75, 3.05) is 6.61 Å². The van der Waals surface area contributed by atoms with Crippen LogP contribution in [0.2, 0.25) is 10.0 Å². The van der Waals surface area contributed by atoms with Crippen LogP contribution in [0.5, 0.6) is 5.75 Å². The Kier molecular flexibility index (Phi) is 13.6. The Hall–Kier alpha value is -0.980. The van der Waals surface area contributed by atoms with Crippen molar-refractivity contribution in [2.24, 2.45) is 5.92 Å². The molecule has 0 heterocycles. The van der Waals surface area contributed by atoms with Gasteiger partial charge in [0.15, 0.2) is 6.61 Å². The van der Waals surface area contributed by atoms with Gasteiger partial charge in [0.2, 0.25) is 0 Å². The van der Waals surface area contributed by atoms with Crippen LogP contribution in [0, 0.1) is 5.92 Å². The maximum absolute atomic E-state index is 12.1. The number of allylic oxidation sites excluding steroid dienone is 1. The zero-order valence-electron chi connectivity index (χ0n) is 16.4. The molecule has 0 spiro atoms. The third-order valence-electron chi connectivity index (χ3n) is 3.78. The number of carboxylic acid groups (broad SMARTS) is 1. The molecule has 8 heteroatoms. The van der Waals surface area contributed by atoms with E-state index in [0.29, 0.717) is 28.6 Å². The zero-order valence-corrected chi connectivity index (χ0v) is 19.9. The molecule has 0 amide bonds. The Balaban J connectivity index is 0.00000729. The number of benzene rings is 1. The first kappa shape index (κ1) is 27.0. The van der Waals surface area contributed by atoms with Gasteiger partial charge in [-0.05, 0) is 62.0 Å². The topological polar surface area (TPSA) is 75.7 Å². The van der Waals surface area contributed by atoms with Gasteiger partial charge in [-0.15, -0.1) is 0 Å². The quantitative estimate of drug-likeness (QED) is 0.223. The van der Waals surface area contributed by atoms with Gasteiger partial charge in [0.1, 0.15) is 11.9 Å². The fourth-order valence-corrected chi connectivity index (χ4v) is 2.74. The van der Waals surface area contributed by atoms with E-state index >= 15 is 0 Å². The summed E-state index contributed by atoms with van der Waals surface area (Å²) in [6.45, 7) is 7.35. The summed E-state index contributed by atoms with van der Waals surface area (Å²) < 4.78 is 10.8. The fourth-order valence-electron chi connectivity index (χ4n) is 2.28. The van der Waals surface area contributed by atoms with Crippen LogP contribution in [0.25, 0.3) is 0 Å². The minimum atomic E-state index is -1.21. The molecule has 0 fully saturated rings. The zero-order chi connectivity index (χ0) is 20.4. The molecular weight excluding hydrogens is 414 g/mol. The normalized spacial score (nSPS) is 12.7. The number of halogens is 2. The van der Waals surface area contributed by atoms with Crippen LogP contribution in [0.1, 0.15) is 33.1 Å². The molecule has 0 N–H and O–H groups in total. The van der Waals surface area contributed by atoms with Gasteiger partial charge in [0.05, 0.1) is 11.0 Å². The molecule has 1 rings (SSSR count). The van der Waals surface area contributed by atoms with Crippen molar-refractivity contribution in [1.82, 2.24) is 0 Å². The summed E-state index contributed by atoms with van der Waals surface area (Å²) in [6, 6.07) is 4.72. The van der Waals surface area contributed by atoms with Crippen molar-refractivity contribution in [3.05, 3.63) is 52.5 Å². The van der Waals surface area contributed by atoms with Crippen molar-refractivity contribution < 1.29 is 53.7 Å². The van der Waals surface area contributed by atoms with Gasteiger partial charge in [-0.2, -0.15) is 0 Å². The largest absolute Gasteiger partial charge is 1.00 e. The molecule has 2 unspecified atom stereocenters. The third kappa shape index (κ3) is 11.1. The smallest absolute Gasteiger partial charge is 0.545 e. The van der Waals surface area contributed by atoms with Gasteiger partial charge in [-0.3, -0.25) is 0 Å². The number of rotatable bonds is 11. The summed E-state index contributed by atoms with van der Waals surface area (Å²) in [4.78, 5) is 22.4. The molecule has 0 aliphatic rings. The van der Waals surface area contributed by atoms with Crippen LogP contribution in [0.4, 0.5) is 0 Å². The molecule has 1 aromatic carbocycles. The van der Waals surface area contributed by atoms with Crippen molar-refractivity contribution in [3.8, 4) is 5.75 Å². The van der Waals surface area contributed by atoms with Gasteiger partial charge in [-0.25, -0.2) is 4.79 Å². The fraction of sp³-hybridized carbons (Fsp3) is 0.400. The predicted molar refractivity (Wildman–Crippen MR) is 104 cm³/mol. The maximum atomic E-state index is 12.1.